The Morgan fingerprint density at radius 1 is 0.193 bits per heavy atom. The van der Waals surface area contributed by atoms with Gasteiger partial charge >= 0.3 is 0 Å². The van der Waals surface area contributed by atoms with Gasteiger partial charge in [-0.2, -0.15) is 0 Å². The summed E-state index contributed by atoms with van der Waals surface area (Å²) in [6.07, 6.45) is 0. The predicted molar refractivity (Wildman–Crippen MR) is 240 cm³/mol. The minimum atomic E-state index is 1.15. The number of hydrogen-bond acceptors (Lipinski definition) is 0. The van der Waals surface area contributed by atoms with Gasteiger partial charge in [0.05, 0.1) is 33.1 Å². The molecule has 0 spiro atoms. The van der Waals surface area contributed by atoms with Gasteiger partial charge in [-0.1, -0.05) is 121 Å². The number of rotatable bonds is 5. The third kappa shape index (κ3) is 4.86. The third-order valence-corrected chi connectivity index (χ3v) is 11.8. The fourth-order valence-electron chi connectivity index (χ4n) is 9.25. The maximum Gasteiger partial charge on any atom is 0.0542 e. The molecule has 3 heteroatoms. The molecule has 3 aromatic heterocycles. The van der Waals surface area contributed by atoms with E-state index in [1.165, 1.54) is 93.4 Å². The Labute approximate surface area is 329 Å². The Bertz CT molecular complexity index is 3500. The topological polar surface area (TPSA) is 14.8 Å². The van der Waals surface area contributed by atoms with Gasteiger partial charge in [-0.3, -0.25) is 0 Å². The number of fused-ring (bicyclic) bond motifs is 9. The predicted octanol–water partition coefficient (Wildman–Crippen LogP) is 14.3. The first-order valence-electron chi connectivity index (χ1n) is 19.6. The minimum Gasteiger partial charge on any atom is -0.309 e. The molecule has 0 N–H and O–H groups in total. The van der Waals surface area contributed by atoms with Gasteiger partial charge in [0.15, 0.2) is 0 Å². The second kappa shape index (κ2) is 12.5. The van der Waals surface area contributed by atoms with Crippen molar-refractivity contribution >= 4 is 65.4 Å². The van der Waals surface area contributed by atoms with Crippen molar-refractivity contribution < 1.29 is 0 Å². The summed E-state index contributed by atoms with van der Waals surface area (Å²) in [7, 11) is 0. The Morgan fingerprint density at radius 3 is 1.02 bits per heavy atom. The van der Waals surface area contributed by atoms with Crippen LogP contribution in [-0.2, 0) is 0 Å². The molecule has 9 aromatic carbocycles. The Balaban J connectivity index is 1.05. The highest BCUT2D eigenvalue weighted by Gasteiger charge is 2.19. The molecule has 0 saturated carbocycles. The van der Waals surface area contributed by atoms with Crippen molar-refractivity contribution in [3.8, 4) is 39.3 Å². The molecule has 3 heterocycles. The SMILES string of the molecule is c1ccc(-c2ccc3c(c2)c2cc(-n4c5ccccc5c5cc(-c6ccc7c(c6)c6ccccc6n7-c6ccccc6)ccc54)ccc2n3-c2ccccc2)cc1. The van der Waals surface area contributed by atoms with Gasteiger partial charge < -0.3 is 13.7 Å². The molecule has 12 aromatic rings. The summed E-state index contributed by atoms with van der Waals surface area (Å²) < 4.78 is 7.22. The molecule has 12 rings (SSSR count). The average Bonchev–Trinajstić information content (AvgIpc) is 3.92. The van der Waals surface area contributed by atoms with Crippen molar-refractivity contribution in [3.05, 3.63) is 212 Å². The van der Waals surface area contributed by atoms with Crippen LogP contribution in [0.2, 0.25) is 0 Å². The van der Waals surface area contributed by atoms with Crippen LogP contribution in [0.4, 0.5) is 0 Å². The molecule has 3 nitrogen and oxygen atoms in total. The maximum absolute atomic E-state index is 2.44. The Kier molecular flexibility index (Phi) is 6.93. The lowest BCUT2D eigenvalue weighted by Gasteiger charge is -2.11. The van der Waals surface area contributed by atoms with Crippen molar-refractivity contribution in [3.63, 3.8) is 0 Å². The van der Waals surface area contributed by atoms with Gasteiger partial charge in [-0.15, -0.1) is 0 Å². The first-order chi connectivity index (χ1) is 28.3. The molecule has 57 heavy (non-hydrogen) atoms. The lowest BCUT2D eigenvalue weighted by Crippen LogP contribution is -1.95. The number of nitrogens with zero attached hydrogens (tertiary/aromatic N) is 3. The normalized spacial score (nSPS) is 11.9. The van der Waals surface area contributed by atoms with Gasteiger partial charge in [-0.25, -0.2) is 0 Å². The van der Waals surface area contributed by atoms with Crippen molar-refractivity contribution in [1.82, 2.24) is 13.7 Å². The summed E-state index contributed by atoms with van der Waals surface area (Å²) >= 11 is 0. The van der Waals surface area contributed by atoms with Crippen LogP contribution in [0, 0.1) is 0 Å². The molecule has 0 radical (unpaired) electrons. The molecule has 0 fully saturated rings. The number of para-hydroxylation sites is 4. The van der Waals surface area contributed by atoms with E-state index in [9.17, 15) is 0 Å². The number of benzene rings is 9. The van der Waals surface area contributed by atoms with Gasteiger partial charge in [0.1, 0.15) is 0 Å². The summed E-state index contributed by atoms with van der Waals surface area (Å²) in [6.45, 7) is 0. The second-order valence-electron chi connectivity index (χ2n) is 15.0. The van der Waals surface area contributed by atoms with E-state index in [2.05, 4.69) is 226 Å². The van der Waals surface area contributed by atoms with Gasteiger partial charge in [0, 0.05) is 49.4 Å². The highest BCUT2D eigenvalue weighted by Crippen LogP contribution is 2.40. The zero-order valence-electron chi connectivity index (χ0n) is 31.0. The maximum atomic E-state index is 2.44. The first kappa shape index (κ1) is 31.7. The second-order valence-corrected chi connectivity index (χ2v) is 15.0. The van der Waals surface area contributed by atoms with Crippen molar-refractivity contribution in [2.75, 3.05) is 0 Å². The molecule has 0 bridgehead atoms. The fraction of sp³-hybridized carbons (Fsp3) is 0. The zero-order valence-corrected chi connectivity index (χ0v) is 31.0. The van der Waals surface area contributed by atoms with Crippen LogP contribution in [0.5, 0.6) is 0 Å². The molecular formula is C54H35N3. The van der Waals surface area contributed by atoms with Crippen LogP contribution in [0.15, 0.2) is 212 Å². The quantitative estimate of drug-likeness (QED) is 0.168. The van der Waals surface area contributed by atoms with Crippen LogP contribution in [0.3, 0.4) is 0 Å². The van der Waals surface area contributed by atoms with E-state index >= 15 is 0 Å². The first-order valence-corrected chi connectivity index (χ1v) is 19.6. The summed E-state index contributed by atoms with van der Waals surface area (Å²) in [4.78, 5) is 0. The highest BCUT2D eigenvalue weighted by molar-refractivity contribution is 6.14. The zero-order chi connectivity index (χ0) is 37.5. The van der Waals surface area contributed by atoms with E-state index in [0.29, 0.717) is 0 Å². The van der Waals surface area contributed by atoms with E-state index in [-0.39, 0.29) is 0 Å². The molecular weight excluding hydrogens is 691 g/mol. The lowest BCUT2D eigenvalue weighted by molar-refractivity contribution is 1.17. The standard InChI is InChI=1S/C54H35N3/c1-4-14-36(15-5-1)37-24-28-53-47(32-37)48-35-42(27-31-54(48)56(53)41-18-8-3-9-19-41)57-50-23-13-11-21-44(50)46-34-39(26-30-52(46)57)38-25-29-51-45(33-38)43-20-10-12-22-49(43)55(51)40-16-6-2-7-17-40/h1-35H. The van der Waals surface area contributed by atoms with Crippen LogP contribution >= 0.6 is 0 Å². The molecule has 0 atom stereocenters. The largest absolute Gasteiger partial charge is 0.309 e. The summed E-state index contributed by atoms with van der Waals surface area (Å²) in [5, 5.41) is 7.48. The van der Waals surface area contributed by atoms with Gasteiger partial charge in [-0.05, 0) is 113 Å². The Morgan fingerprint density at radius 2 is 0.526 bits per heavy atom. The van der Waals surface area contributed by atoms with E-state index in [1.54, 1.807) is 0 Å². The lowest BCUT2D eigenvalue weighted by atomic mass is 10.0. The molecule has 0 amide bonds. The highest BCUT2D eigenvalue weighted by atomic mass is 15.0. The van der Waals surface area contributed by atoms with Gasteiger partial charge in [0.2, 0.25) is 0 Å². The van der Waals surface area contributed by atoms with Gasteiger partial charge in [0.25, 0.3) is 0 Å². The molecule has 266 valence electrons. The van der Waals surface area contributed by atoms with E-state index < -0.39 is 0 Å². The van der Waals surface area contributed by atoms with Crippen molar-refractivity contribution in [1.29, 1.82) is 0 Å². The van der Waals surface area contributed by atoms with Crippen LogP contribution in [-0.4, -0.2) is 13.7 Å². The molecule has 0 unspecified atom stereocenters. The van der Waals surface area contributed by atoms with Crippen LogP contribution < -0.4 is 0 Å². The molecule has 0 aliphatic carbocycles. The minimum absolute atomic E-state index is 1.15. The van der Waals surface area contributed by atoms with Crippen molar-refractivity contribution in [2.24, 2.45) is 0 Å². The smallest absolute Gasteiger partial charge is 0.0542 e. The number of aromatic nitrogens is 3. The third-order valence-electron chi connectivity index (χ3n) is 11.8. The molecule has 0 saturated heterocycles. The molecule has 0 aliphatic heterocycles. The van der Waals surface area contributed by atoms with Crippen LogP contribution in [0.1, 0.15) is 0 Å². The Hall–Kier alpha value is -7.62. The van der Waals surface area contributed by atoms with E-state index in [0.717, 1.165) is 11.4 Å². The monoisotopic (exact) mass is 725 g/mol. The van der Waals surface area contributed by atoms with E-state index in [4.69, 9.17) is 0 Å². The average molecular weight is 726 g/mol. The fourth-order valence-corrected chi connectivity index (χ4v) is 9.25. The van der Waals surface area contributed by atoms with E-state index in [1.807, 2.05) is 0 Å². The van der Waals surface area contributed by atoms with Crippen molar-refractivity contribution in [2.45, 2.75) is 0 Å². The number of hydrogen-bond donors (Lipinski definition) is 0. The van der Waals surface area contributed by atoms with Crippen LogP contribution in [0.25, 0.3) is 105 Å². The summed E-state index contributed by atoms with van der Waals surface area (Å²) in [6, 6.07) is 77.4. The molecule has 0 aliphatic rings. The summed E-state index contributed by atoms with van der Waals surface area (Å²) in [5.41, 5.74) is 15.5. The summed E-state index contributed by atoms with van der Waals surface area (Å²) in [5.74, 6) is 0.